The van der Waals surface area contributed by atoms with E-state index in [1.54, 1.807) is 12.0 Å². The molecule has 1 aromatic rings. The predicted octanol–water partition coefficient (Wildman–Crippen LogP) is 0.622. The largest absolute Gasteiger partial charge is 0.497 e. The van der Waals surface area contributed by atoms with Crippen LogP contribution in [0.3, 0.4) is 0 Å². The Bertz CT molecular complexity index is 437. The third-order valence-corrected chi connectivity index (χ3v) is 4.24. The first kappa shape index (κ1) is 14.2. The van der Waals surface area contributed by atoms with Gasteiger partial charge in [-0.1, -0.05) is 12.1 Å². The van der Waals surface area contributed by atoms with Crippen molar-refractivity contribution in [2.75, 3.05) is 26.0 Å². The van der Waals surface area contributed by atoms with Crippen LogP contribution in [0.5, 0.6) is 5.75 Å². The van der Waals surface area contributed by atoms with Crippen LogP contribution in [-0.4, -0.2) is 53.1 Å². The minimum absolute atomic E-state index is 0.0154. The molecule has 6 heteroatoms. The summed E-state index contributed by atoms with van der Waals surface area (Å²) < 4.78 is 5.10. The molecule has 1 heterocycles. The highest BCUT2D eigenvalue weighted by atomic mass is 32.2. The van der Waals surface area contributed by atoms with E-state index in [0.717, 1.165) is 11.3 Å². The van der Waals surface area contributed by atoms with Gasteiger partial charge in [-0.15, -0.1) is 11.8 Å². The molecule has 0 saturated carbocycles. The van der Waals surface area contributed by atoms with Crippen molar-refractivity contribution in [3.63, 3.8) is 0 Å². The van der Waals surface area contributed by atoms with Gasteiger partial charge in [0.2, 0.25) is 5.91 Å². The number of benzene rings is 1. The zero-order chi connectivity index (χ0) is 13.8. The average Bonchev–Trinajstić information content (AvgIpc) is 2.80. The van der Waals surface area contributed by atoms with Crippen LogP contribution in [-0.2, 0) is 4.79 Å². The number of aliphatic hydroxyl groups is 2. The highest BCUT2D eigenvalue weighted by Gasteiger charge is 2.33. The lowest BCUT2D eigenvalue weighted by Gasteiger charge is -2.26. The van der Waals surface area contributed by atoms with Crippen LogP contribution in [0.1, 0.15) is 10.9 Å². The molecule has 1 unspecified atom stereocenters. The molecule has 2 rings (SSSR count). The van der Waals surface area contributed by atoms with Crippen molar-refractivity contribution < 1.29 is 19.7 Å². The van der Waals surface area contributed by atoms with E-state index < -0.39 is 6.10 Å². The quantitative estimate of drug-likeness (QED) is 0.829. The third kappa shape index (κ3) is 3.20. The van der Waals surface area contributed by atoms with E-state index in [-0.39, 0.29) is 24.4 Å². The SMILES string of the molecule is COc1ccc(C2SCC(=O)N2C[C@H](O)CO)cc1. The molecule has 104 valence electrons. The van der Waals surface area contributed by atoms with Gasteiger partial charge in [0.25, 0.3) is 0 Å². The monoisotopic (exact) mass is 283 g/mol. The number of methoxy groups -OCH3 is 1. The lowest BCUT2D eigenvalue weighted by Crippen LogP contribution is -2.37. The van der Waals surface area contributed by atoms with Crippen LogP contribution in [0.15, 0.2) is 24.3 Å². The maximum absolute atomic E-state index is 11.8. The van der Waals surface area contributed by atoms with Crippen LogP contribution < -0.4 is 4.74 Å². The van der Waals surface area contributed by atoms with Crippen LogP contribution in [0.25, 0.3) is 0 Å². The van der Waals surface area contributed by atoms with E-state index in [4.69, 9.17) is 9.84 Å². The molecule has 1 saturated heterocycles. The summed E-state index contributed by atoms with van der Waals surface area (Å²) in [6.45, 7) is -0.192. The van der Waals surface area contributed by atoms with Gasteiger partial charge in [0, 0.05) is 0 Å². The number of hydrogen-bond donors (Lipinski definition) is 2. The number of hydrogen-bond acceptors (Lipinski definition) is 5. The summed E-state index contributed by atoms with van der Waals surface area (Å²) in [6, 6.07) is 7.51. The maximum Gasteiger partial charge on any atom is 0.233 e. The molecule has 5 nitrogen and oxygen atoms in total. The van der Waals surface area contributed by atoms with Crippen LogP contribution in [0.4, 0.5) is 0 Å². The van der Waals surface area contributed by atoms with Crippen molar-refractivity contribution in [1.29, 1.82) is 0 Å². The molecule has 0 spiro atoms. The fourth-order valence-corrected chi connectivity index (χ4v) is 3.18. The first-order chi connectivity index (χ1) is 9.15. The van der Waals surface area contributed by atoms with Crippen LogP contribution >= 0.6 is 11.8 Å². The molecule has 1 fully saturated rings. The molecule has 2 atom stereocenters. The second kappa shape index (κ2) is 6.27. The molecule has 0 aromatic heterocycles. The van der Waals surface area contributed by atoms with Gasteiger partial charge in [0.05, 0.1) is 32.1 Å². The lowest BCUT2D eigenvalue weighted by molar-refractivity contribution is -0.129. The summed E-state index contributed by atoms with van der Waals surface area (Å²) in [5, 5.41) is 18.3. The van der Waals surface area contributed by atoms with Crippen molar-refractivity contribution in [3.8, 4) is 5.75 Å². The van der Waals surface area contributed by atoms with Gasteiger partial charge in [0.1, 0.15) is 11.1 Å². The van der Waals surface area contributed by atoms with Crippen LogP contribution in [0, 0.1) is 0 Å². The Morgan fingerprint density at radius 2 is 2.16 bits per heavy atom. The fourth-order valence-electron chi connectivity index (χ4n) is 1.98. The Hall–Kier alpha value is -1.24. The van der Waals surface area contributed by atoms with E-state index in [1.807, 2.05) is 24.3 Å². The van der Waals surface area contributed by atoms with Crippen molar-refractivity contribution in [3.05, 3.63) is 29.8 Å². The molecule has 1 aliphatic heterocycles. The predicted molar refractivity (Wildman–Crippen MR) is 73.0 cm³/mol. The van der Waals surface area contributed by atoms with Gasteiger partial charge in [-0.2, -0.15) is 0 Å². The number of β-amino-alcohol motifs (C(OH)–C–C–N with tert-alkyl or cyclic N) is 1. The Kier molecular flexibility index (Phi) is 4.68. The Balaban J connectivity index is 2.14. The van der Waals surface area contributed by atoms with Gasteiger partial charge < -0.3 is 19.8 Å². The molecule has 0 radical (unpaired) electrons. The summed E-state index contributed by atoms with van der Waals surface area (Å²) in [6.07, 6.45) is -0.900. The van der Waals surface area contributed by atoms with Gasteiger partial charge in [0.15, 0.2) is 0 Å². The Morgan fingerprint density at radius 3 is 2.74 bits per heavy atom. The zero-order valence-electron chi connectivity index (χ0n) is 10.7. The molecule has 1 aromatic carbocycles. The molecule has 2 N–H and O–H groups in total. The number of carbonyl (C=O) groups is 1. The number of ether oxygens (including phenoxy) is 1. The van der Waals surface area contributed by atoms with Gasteiger partial charge >= 0.3 is 0 Å². The van der Waals surface area contributed by atoms with Gasteiger partial charge in [-0.25, -0.2) is 0 Å². The highest BCUT2D eigenvalue weighted by molar-refractivity contribution is 8.00. The minimum atomic E-state index is -0.900. The molecular weight excluding hydrogens is 266 g/mol. The van der Waals surface area contributed by atoms with Gasteiger partial charge in [-0.05, 0) is 17.7 Å². The van der Waals surface area contributed by atoms with Crippen molar-refractivity contribution >= 4 is 17.7 Å². The van der Waals surface area contributed by atoms with E-state index in [2.05, 4.69) is 0 Å². The molecule has 0 aliphatic carbocycles. The number of nitrogens with zero attached hydrogens (tertiary/aromatic N) is 1. The van der Waals surface area contributed by atoms with Crippen LogP contribution in [0.2, 0.25) is 0 Å². The van der Waals surface area contributed by atoms with E-state index in [1.165, 1.54) is 11.8 Å². The molecule has 1 amide bonds. The standard InChI is InChI=1S/C13H17NO4S/c1-18-11-4-2-9(3-5-11)13-14(6-10(16)7-15)12(17)8-19-13/h2-5,10,13,15-16H,6-8H2,1H3/t10-,13?/m0/s1. The number of rotatable bonds is 5. The smallest absolute Gasteiger partial charge is 0.233 e. The average molecular weight is 283 g/mol. The van der Waals surface area contributed by atoms with Crippen molar-refractivity contribution in [2.24, 2.45) is 0 Å². The zero-order valence-corrected chi connectivity index (χ0v) is 11.5. The minimum Gasteiger partial charge on any atom is -0.497 e. The third-order valence-electron chi connectivity index (χ3n) is 2.99. The highest BCUT2D eigenvalue weighted by Crippen LogP contribution is 2.38. The van der Waals surface area contributed by atoms with E-state index >= 15 is 0 Å². The summed E-state index contributed by atoms with van der Waals surface area (Å²) in [5.74, 6) is 1.15. The van der Waals surface area contributed by atoms with Crippen molar-refractivity contribution in [2.45, 2.75) is 11.5 Å². The number of aliphatic hydroxyl groups excluding tert-OH is 2. The summed E-state index contributed by atoms with van der Waals surface area (Å²) in [5.41, 5.74) is 0.988. The summed E-state index contributed by atoms with van der Waals surface area (Å²) in [7, 11) is 1.60. The number of amides is 1. The second-order valence-corrected chi connectivity index (χ2v) is 5.39. The second-order valence-electron chi connectivity index (χ2n) is 4.32. The van der Waals surface area contributed by atoms with Crippen molar-refractivity contribution in [1.82, 2.24) is 4.90 Å². The Morgan fingerprint density at radius 1 is 1.47 bits per heavy atom. The van der Waals surface area contributed by atoms with E-state index in [9.17, 15) is 9.90 Å². The molecule has 19 heavy (non-hydrogen) atoms. The first-order valence-electron chi connectivity index (χ1n) is 5.99. The molecule has 1 aliphatic rings. The Labute approximate surface area is 116 Å². The maximum atomic E-state index is 11.8. The summed E-state index contributed by atoms with van der Waals surface area (Å²) >= 11 is 1.52. The fraction of sp³-hybridized carbons (Fsp3) is 0.462. The van der Waals surface area contributed by atoms with E-state index in [0.29, 0.717) is 5.75 Å². The number of thioether (sulfide) groups is 1. The lowest BCUT2D eigenvalue weighted by atomic mass is 10.2. The summed E-state index contributed by atoms with van der Waals surface area (Å²) in [4.78, 5) is 13.4. The topological polar surface area (TPSA) is 70.0 Å². The first-order valence-corrected chi connectivity index (χ1v) is 7.04. The molecular formula is C13H17NO4S. The molecule has 0 bridgehead atoms. The normalized spacial score (nSPS) is 20.7. The number of carbonyl (C=O) groups excluding carboxylic acids is 1. The van der Waals surface area contributed by atoms with Gasteiger partial charge in [-0.3, -0.25) is 4.79 Å².